The summed E-state index contributed by atoms with van der Waals surface area (Å²) in [6, 6.07) is 5.70. The van der Waals surface area contributed by atoms with Crippen LogP contribution in [0, 0.1) is 5.41 Å². The van der Waals surface area contributed by atoms with Crippen LogP contribution < -0.4 is 11.1 Å². The first-order valence-electron chi connectivity index (χ1n) is 5.84. The molecule has 1 fully saturated rings. The van der Waals surface area contributed by atoms with Crippen LogP contribution in [-0.4, -0.2) is 11.5 Å². The van der Waals surface area contributed by atoms with E-state index in [1.165, 1.54) is 19.3 Å². The molecule has 4 heteroatoms. The number of hydrogen-bond acceptors (Lipinski definition) is 2. The summed E-state index contributed by atoms with van der Waals surface area (Å²) in [5.74, 6) is 0. The van der Waals surface area contributed by atoms with E-state index in [0.717, 1.165) is 17.8 Å². The number of halogens is 1. The number of nitrogens with one attached hydrogen (secondary N) is 1. The molecule has 17 heavy (non-hydrogen) atoms. The lowest BCUT2D eigenvalue weighted by atomic mass is 9.70. The molecule has 0 aliphatic heterocycles. The molecular formula is C13H17ClN2S. The van der Waals surface area contributed by atoms with Crippen LogP contribution >= 0.6 is 23.8 Å². The maximum atomic E-state index is 6.11. The van der Waals surface area contributed by atoms with Crippen molar-refractivity contribution in [3.05, 3.63) is 28.8 Å². The second-order valence-electron chi connectivity index (χ2n) is 5.04. The first-order chi connectivity index (χ1) is 8.02. The van der Waals surface area contributed by atoms with Gasteiger partial charge in [0.2, 0.25) is 0 Å². The molecule has 0 radical (unpaired) electrons. The van der Waals surface area contributed by atoms with E-state index < -0.39 is 0 Å². The summed E-state index contributed by atoms with van der Waals surface area (Å²) in [6.45, 7) is 3.25. The molecule has 0 unspecified atom stereocenters. The van der Waals surface area contributed by atoms with Gasteiger partial charge >= 0.3 is 0 Å². The summed E-state index contributed by atoms with van der Waals surface area (Å²) < 4.78 is 0. The first kappa shape index (κ1) is 12.7. The van der Waals surface area contributed by atoms with E-state index in [2.05, 4.69) is 12.2 Å². The van der Waals surface area contributed by atoms with Crippen molar-refractivity contribution in [3.8, 4) is 0 Å². The largest absolute Gasteiger partial charge is 0.389 e. The van der Waals surface area contributed by atoms with Gasteiger partial charge < -0.3 is 11.1 Å². The average Bonchev–Trinajstić information content (AvgIpc) is 2.23. The smallest absolute Gasteiger partial charge is 0.107 e. The van der Waals surface area contributed by atoms with Crippen LogP contribution in [0.4, 0.5) is 5.69 Å². The topological polar surface area (TPSA) is 38.0 Å². The zero-order chi connectivity index (χ0) is 12.5. The van der Waals surface area contributed by atoms with E-state index in [0.29, 0.717) is 15.4 Å². The first-order valence-corrected chi connectivity index (χ1v) is 6.63. The van der Waals surface area contributed by atoms with Crippen molar-refractivity contribution in [2.45, 2.75) is 26.2 Å². The number of rotatable bonds is 4. The van der Waals surface area contributed by atoms with Crippen molar-refractivity contribution in [1.29, 1.82) is 0 Å². The van der Waals surface area contributed by atoms with Crippen molar-refractivity contribution < 1.29 is 0 Å². The molecular weight excluding hydrogens is 252 g/mol. The predicted molar refractivity (Wildman–Crippen MR) is 77.8 cm³/mol. The number of anilines is 1. The van der Waals surface area contributed by atoms with Crippen molar-refractivity contribution >= 4 is 34.5 Å². The number of benzene rings is 1. The molecule has 2 nitrogen and oxygen atoms in total. The standard InChI is InChI=1S/C13H17ClN2S/c1-13(6-3-7-13)8-16-10-5-2-4-9(14)11(10)12(15)17/h2,4-5,16H,3,6-8H2,1H3,(H2,15,17). The van der Waals surface area contributed by atoms with Gasteiger partial charge in [-0.05, 0) is 30.4 Å². The highest BCUT2D eigenvalue weighted by Crippen LogP contribution is 2.40. The fourth-order valence-corrected chi connectivity index (χ4v) is 2.74. The lowest BCUT2D eigenvalue weighted by Gasteiger charge is -2.38. The minimum absolute atomic E-state index is 0.344. The van der Waals surface area contributed by atoms with Gasteiger partial charge in [-0.1, -0.05) is 43.2 Å². The monoisotopic (exact) mass is 268 g/mol. The summed E-state index contributed by atoms with van der Waals surface area (Å²) >= 11 is 11.2. The van der Waals surface area contributed by atoms with Crippen LogP contribution in [0.2, 0.25) is 5.02 Å². The van der Waals surface area contributed by atoms with Crippen LogP contribution in [0.1, 0.15) is 31.7 Å². The van der Waals surface area contributed by atoms with Crippen molar-refractivity contribution in [2.24, 2.45) is 11.1 Å². The number of nitrogens with two attached hydrogens (primary N) is 1. The zero-order valence-electron chi connectivity index (χ0n) is 9.92. The van der Waals surface area contributed by atoms with E-state index in [1.807, 2.05) is 18.2 Å². The molecule has 0 atom stereocenters. The van der Waals surface area contributed by atoms with Gasteiger partial charge in [-0.2, -0.15) is 0 Å². The lowest BCUT2D eigenvalue weighted by Crippen LogP contribution is -2.33. The third kappa shape index (κ3) is 2.72. The third-order valence-electron chi connectivity index (χ3n) is 3.53. The molecule has 0 saturated heterocycles. The highest BCUT2D eigenvalue weighted by molar-refractivity contribution is 7.80. The third-order valence-corrected chi connectivity index (χ3v) is 4.05. The minimum atomic E-state index is 0.344. The van der Waals surface area contributed by atoms with E-state index in [9.17, 15) is 0 Å². The van der Waals surface area contributed by atoms with E-state index >= 15 is 0 Å². The Morgan fingerprint density at radius 3 is 2.76 bits per heavy atom. The molecule has 1 saturated carbocycles. The van der Waals surface area contributed by atoms with Gasteiger partial charge in [-0.3, -0.25) is 0 Å². The fourth-order valence-electron chi connectivity index (χ4n) is 2.19. The van der Waals surface area contributed by atoms with Crippen molar-refractivity contribution in [3.63, 3.8) is 0 Å². The Kier molecular flexibility index (Phi) is 3.59. The van der Waals surface area contributed by atoms with Crippen LogP contribution in [0.3, 0.4) is 0 Å². The molecule has 1 aliphatic rings. The summed E-state index contributed by atoms with van der Waals surface area (Å²) in [5.41, 5.74) is 7.82. The molecule has 1 aromatic carbocycles. The second kappa shape index (κ2) is 4.83. The number of thiocarbonyl (C=S) groups is 1. The van der Waals surface area contributed by atoms with Crippen molar-refractivity contribution in [1.82, 2.24) is 0 Å². The minimum Gasteiger partial charge on any atom is -0.389 e. The van der Waals surface area contributed by atoms with Gasteiger partial charge in [-0.25, -0.2) is 0 Å². The van der Waals surface area contributed by atoms with Crippen molar-refractivity contribution in [2.75, 3.05) is 11.9 Å². The molecule has 0 bridgehead atoms. The highest BCUT2D eigenvalue weighted by atomic mass is 35.5. The van der Waals surface area contributed by atoms with Gasteiger partial charge in [-0.15, -0.1) is 0 Å². The molecule has 2 rings (SSSR count). The summed E-state index contributed by atoms with van der Waals surface area (Å²) in [4.78, 5) is 0.344. The van der Waals surface area contributed by atoms with Crippen LogP contribution in [0.5, 0.6) is 0 Å². The fraction of sp³-hybridized carbons (Fsp3) is 0.462. The Morgan fingerprint density at radius 2 is 2.24 bits per heavy atom. The molecule has 3 N–H and O–H groups in total. The molecule has 1 aromatic rings. The Hall–Kier alpha value is -0.800. The summed E-state index contributed by atoms with van der Waals surface area (Å²) in [5, 5.41) is 4.04. The Morgan fingerprint density at radius 1 is 1.53 bits per heavy atom. The molecule has 0 spiro atoms. The van der Waals surface area contributed by atoms with E-state index in [1.54, 1.807) is 0 Å². The van der Waals surface area contributed by atoms with Gasteiger partial charge in [0.1, 0.15) is 4.99 Å². The van der Waals surface area contributed by atoms with Crippen LogP contribution in [0.15, 0.2) is 18.2 Å². The van der Waals surface area contributed by atoms with E-state index in [4.69, 9.17) is 29.6 Å². The zero-order valence-corrected chi connectivity index (χ0v) is 11.5. The van der Waals surface area contributed by atoms with Gasteiger partial charge in [0.15, 0.2) is 0 Å². The highest BCUT2D eigenvalue weighted by Gasteiger charge is 2.31. The van der Waals surface area contributed by atoms with Gasteiger partial charge in [0, 0.05) is 12.2 Å². The van der Waals surface area contributed by atoms with Crippen LogP contribution in [0.25, 0.3) is 0 Å². The van der Waals surface area contributed by atoms with Crippen LogP contribution in [-0.2, 0) is 0 Å². The normalized spacial score (nSPS) is 17.3. The second-order valence-corrected chi connectivity index (χ2v) is 5.89. The predicted octanol–water partition coefficient (Wildman–Crippen LogP) is 3.58. The Bertz CT molecular complexity index is 441. The molecule has 0 heterocycles. The molecule has 1 aliphatic carbocycles. The molecule has 92 valence electrons. The quantitative estimate of drug-likeness (QED) is 0.820. The maximum absolute atomic E-state index is 6.11. The van der Waals surface area contributed by atoms with Gasteiger partial charge in [0.25, 0.3) is 0 Å². The number of hydrogen-bond donors (Lipinski definition) is 2. The maximum Gasteiger partial charge on any atom is 0.107 e. The molecule has 0 aromatic heterocycles. The Balaban J connectivity index is 2.15. The summed E-state index contributed by atoms with van der Waals surface area (Å²) in [6.07, 6.45) is 3.89. The Labute approximate surface area is 113 Å². The summed E-state index contributed by atoms with van der Waals surface area (Å²) in [7, 11) is 0. The van der Waals surface area contributed by atoms with E-state index in [-0.39, 0.29) is 0 Å². The SMILES string of the molecule is CC1(CNc2cccc(Cl)c2C(N)=S)CCC1. The molecule has 0 amide bonds. The van der Waals surface area contributed by atoms with Gasteiger partial charge in [0.05, 0.1) is 10.6 Å². The average molecular weight is 269 g/mol. The lowest BCUT2D eigenvalue weighted by molar-refractivity contribution is 0.180.